The molecule has 0 fully saturated rings. The summed E-state index contributed by atoms with van der Waals surface area (Å²) >= 11 is 0. The largest absolute Gasteiger partial charge is 0.481 e. The van der Waals surface area contributed by atoms with E-state index in [0.29, 0.717) is 5.69 Å². The number of ether oxygens (including phenoxy) is 1. The summed E-state index contributed by atoms with van der Waals surface area (Å²) in [7, 11) is -2.40. The molecule has 0 atom stereocenters. The smallest absolute Gasteiger partial charge is 0.266 e. The van der Waals surface area contributed by atoms with Gasteiger partial charge < -0.3 is 10.5 Å². The van der Waals surface area contributed by atoms with Crippen LogP contribution in [-0.2, 0) is 10.0 Å². The van der Waals surface area contributed by atoms with Crippen LogP contribution in [0.25, 0.3) is 0 Å². The molecular formula is C12H14N4O3S. The van der Waals surface area contributed by atoms with Gasteiger partial charge in [-0.15, -0.1) is 0 Å². The number of nitrogens with one attached hydrogen (secondary N) is 1. The second-order valence-electron chi connectivity index (χ2n) is 4.02. The van der Waals surface area contributed by atoms with E-state index in [0.717, 1.165) is 0 Å². The number of hydrogen-bond donors (Lipinski definition) is 2. The molecule has 0 aliphatic heterocycles. The maximum absolute atomic E-state index is 12.2. The zero-order valence-corrected chi connectivity index (χ0v) is 11.8. The zero-order chi connectivity index (χ0) is 14.8. The number of para-hydroxylation sites is 1. The van der Waals surface area contributed by atoms with Crippen molar-refractivity contribution in [2.24, 2.45) is 0 Å². The fraction of sp³-hybridized carbons (Fsp3) is 0.167. The Morgan fingerprint density at radius 2 is 1.95 bits per heavy atom. The number of sulfonamides is 1. The fourth-order valence-electron chi connectivity index (χ4n) is 1.59. The summed E-state index contributed by atoms with van der Waals surface area (Å²) in [5.74, 6) is 0.210. The van der Waals surface area contributed by atoms with Crippen LogP contribution in [0.15, 0.2) is 35.2 Å². The van der Waals surface area contributed by atoms with E-state index >= 15 is 0 Å². The lowest BCUT2D eigenvalue weighted by Gasteiger charge is -2.10. The maximum atomic E-state index is 12.2. The lowest BCUT2D eigenvalue weighted by Crippen LogP contribution is -2.17. The Morgan fingerprint density at radius 3 is 2.60 bits per heavy atom. The molecule has 0 saturated carbocycles. The van der Waals surface area contributed by atoms with Gasteiger partial charge in [0.05, 0.1) is 12.8 Å². The van der Waals surface area contributed by atoms with E-state index in [1.807, 2.05) is 0 Å². The number of nitrogens with two attached hydrogens (primary N) is 1. The Balaban J connectivity index is 2.38. The van der Waals surface area contributed by atoms with Gasteiger partial charge in [-0.1, -0.05) is 12.1 Å². The minimum atomic E-state index is -3.84. The van der Waals surface area contributed by atoms with Crippen molar-refractivity contribution in [2.45, 2.75) is 11.8 Å². The molecule has 2 aromatic rings. The average molecular weight is 294 g/mol. The van der Waals surface area contributed by atoms with Crippen LogP contribution >= 0.6 is 0 Å². The molecule has 0 spiro atoms. The minimum absolute atomic E-state index is 0.0240. The highest BCUT2D eigenvalue weighted by Crippen LogP contribution is 2.20. The summed E-state index contributed by atoms with van der Waals surface area (Å²) in [5.41, 5.74) is 6.39. The van der Waals surface area contributed by atoms with Gasteiger partial charge in [0.1, 0.15) is 4.90 Å². The van der Waals surface area contributed by atoms with Gasteiger partial charge in [0.2, 0.25) is 11.8 Å². The number of aryl methyl sites for hydroxylation is 1. The molecule has 1 aromatic carbocycles. The molecule has 20 heavy (non-hydrogen) atoms. The van der Waals surface area contributed by atoms with Crippen molar-refractivity contribution in [3.05, 3.63) is 36.0 Å². The standard InChI is InChI=1S/C12H14N4O3S/c1-8-7-11(19-2)15-12(14-8)16-20(17,18)10-6-4-3-5-9(10)13/h3-7H,13H2,1-2H3,(H,14,15,16). The van der Waals surface area contributed by atoms with Crippen molar-refractivity contribution >= 4 is 21.7 Å². The van der Waals surface area contributed by atoms with Crippen molar-refractivity contribution in [2.75, 3.05) is 17.6 Å². The molecule has 0 aliphatic rings. The molecular weight excluding hydrogens is 280 g/mol. The maximum Gasteiger partial charge on any atom is 0.266 e. The van der Waals surface area contributed by atoms with Gasteiger partial charge in [-0.25, -0.2) is 18.1 Å². The van der Waals surface area contributed by atoms with Gasteiger partial charge in [0.15, 0.2) is 0 Å². The van der Waals surface area contributed by atoms with Crippen LogP contribution in [0.2, 0.25) is 0 Å². The summed E-state index contributed by atoms with van der Waals surface area (Å²) in [6, 6.07) is 7.74. The second-order valence-corrected chi connectivity index (χ2v) is 5.67. The molecule has 1 heterocycles. The lowest BCUT2D eigenvalue weighted by atomic mass is 10.3. The molecule has 106 valence electrons. The Hall–Kier alpha value is -2.35. The molecule has 2 rings (SSSR count). The molecule has 0 saturated heterocycles. The van der Waals surface area contributed by atoms with Gasteiger partial charge >= 0.3 is 0 Å². The lowest BCUT2D eigenvalue weighted by molar-refractivity contribution is 0.397. The molecule has 7 nitrogen and oxygen atoms in total. The SMILES string of the molecule is COc1cc(C)nc(NS(=O)(=O)c2ccccc2N)n1. The summed E-state index contributed by atoms with van der Waals surface area (Å²) in [4.78, 5) is 7.90. The Morgan fingerprint density at radius 1 is 1.25 bits per heavy atom. The minimum Gasteiger partial charge on any atom is -0.481 e. The third-order valence-electron chi connectivity index (χ3n) is 2.47. The number of methoxy groups -OCH3 is 1. The third-order valence-corrected chi connectivity index (χ3v) is 3.88. The van der Waals surface area contributed by atoms with Crippen LogP contribution in [0.4, 0.5) is 11.6 Å². The quantitative estimate of drug-likeness (QED) is 0.820. The van der Waals surface area contributed by atoms with Crippen molar-refractivity contribution in [3.63, 3.8) is 0 Å². The van der Waals surface area contributed by atoms with E-state index in [2.05, 4.69) is 14.7 Å². The number of rotatable bonds is 4. The number of hydrogen-bond acceptors (Lipinski definition) is 6. The van der Waals surface area contributed by atoms with Crippen LogP contribution in [0.1, 0.15) is 5.69 Å². The molecule has 0 radical (unpaired) electrons. The summed E-state index contributed by atoms with van der Waals surface area (Å²) in [6.45, 7) is 1.71. The predicted molar refractivity (Wildman–Crippen MR) is 75.0 cm³/mol. The van der Waals surface area contributed by atoms with Crippen LogP contribution < -0.4 is 15.2 Å². The normalized spacial score (nSPS) is 11.1. The van der Waals surface area contributed by atoms with Gasteiger partial charge in [0, 0.05) is 11.8 Å². The van der Waals surface area contributed by atoms with Crippen molar-refractivity contribution in [3.8, 4) is 5.88 Å². The first-order valence-corrected chi connectivity index (χ1v) is 7.17. The van der Waals surface area contributed by atoms with Crippen molar-refractivity contribution in [1.82, 2.24) is 9.97 Å². The van der Waals surface area contributed by atoms with E-state index in [1.54, 1.807) is 25.1 Å². The highest BCUT2D eigenvalue weighted by atomic mass is 32.2. The molecule has 0 amide bonds. The molecule has 1 aromatic heterocycles. The van der Waals surface area contributed by atoms with Crippen LogP contribution in [0, 0.1) is 6.92 Å². The topological polar surface area (TPSA) is 107 Å². The third kappa shape index (κ3) is 2.97. The van der Waals surface area contributed by atoms with Crippen LogP contribution in [-0.4, -0.2) is 25.5 Å². The van der Waals surface area contributed by atoms with E-state index < -0.39 is 10.0 Å². The van der Waals surface area contributed by atoms with E-state index in [4.69, 9.17) is 10.5 Å². The first-order valence-electron chi connectivity index (χ1n) is 5.69. The highest BCUT2D eigenvalue weighted by molar-refractivity contribution is 7.92. The van der Waals surface area contributed by atoms with E-state index in [1.165, 1.54) is 19.2 Å². The number of anilines is 2. The number of benzene rings is 1. The number of nitrogen functional groups attached to an aromatic ring is 1. The van der Waals surface area contributed by atoms with Crippen LogP contribution in [0.3, 0.4) is 0 Å². The fourth-order valence-corrected chi connectivity index (χ4v) is 2.67. The van der Waals surface area contributed by atoms with Gasteiger partial charge in [0.25, 0.3) is 10.0 Å². The molecule has 0 unspecified atom stereocenters. The van der Waals surface area contributed by atoms with Crippen molar-refractivity contribution < 1.29 is 13.2 Å². The Bertz CT molecular complexity index is 731. The number of nitrogens with zero attached hydrogens (tertiary/aromatic N) is 2. The van der Waals surface area contributed by atoms with E-state index in [9.17, 15) is 8.42 Å². The number of aromatic nitrogens is 2. The average Bonchev–Trinajstić information content (AvgIpc) is 2.37. The van der Waals surface area contributed by atoms with Crippen LogP contribution in [0.5, 0.6) is 5.88 Å². The first kappa shape index (κ1) is 14.1. The Labute approximate surface area is 116 Å². The summed E-state index contributed by atoms with van der Waals surface area (Å²) in [6.07, 6.45) is 0. The molecule has 3 N–H and O–H groups in total. The predicted octanol–water partition coefficient (Wildman–Crippen LogP) is 1.18. The second kappa shape index (κ2) is 5.33. The summed E-state index contributed by atoms with van der Waals surface area (Å²) in [5, 5.41) is 0. The van der Waals surface area contributed by atoms with Crippen molar-refractivity contribution in [1.29, 1.82) is 0 Å². The van der Waals surface area contributed by atoms with Gasteiger partial charge in [-0.2, -0.15) is 4.98 Å². The van der Waals surface area contributed by atoms with Gasteiger partial charge in [-0.3, -0.25) is 0 Å². The summed E-state index contributed by atoms with van der Waals surface area (Å²) < 4.78 is 31.7. The zero-order valence-electron chi connectivity index (χ0n) is 11.0. The molecule has 0 bridgehead atoms. The molecule has 8 heteroatoms. The Kier molecular flexibility index (Phi) is 3.75. The first-order chi connectivity index (χ1) is 9.42. The molecule has 0 aliphatic carbocycles. The van der Waals surface area contributed by atoms with E-state index in [-0.39, 0.29) is 22.4 Å². The van der Waals surface area contributed by atoms with Gasteiger partial charge in [-0.05, 0) is 19.1 Å². The monoisotopic (exact) mass is 294 g/mol. The highest BCUT2D eigenvalue weighted by Gasteiger charge is 2.18.